The first kappa shape index (κ1) is 17.2. The Bertz CT molecular complexity index is 896. The van der Waals surface area contributed by atoms with Crippen molar-refractivity contribution in [3.05, 3.63) is 52.5 Å². The molecule has 3 aromatic rings. The van der Waals surface area contributed by atoms with Crippen LogP contribution in [0.2, 0.25) is 10.0 Å². The summed E-state index contributed by atoms with van der Waals surface area (Å²) in [7, 11) is 0. The second kappa shape index (κ2) is 7.17. The van der Waals surface area contributed by atoms with Crippen LogP contribution in [0.5, 0.6) is 0 Å². The number of benzene rings is 2. The van der Waals surface area contributed by atoms with E-state index >= 15 is 0 Å². The third-order valence-electron chi connectivity index (χ3n) is 4.55. The highest BCUT2D eigenvalue weighted by Crippen LogP contribution is 2.28. The van der Waals surface area contributed by atoms with Crippen LogP contribution < -0.4 is 10.2 Å². The van der Waals surface area contributed by atoms with Gasteiger partial charge in [-0.15, -0.1) is 0 Å². The van der Waals surface area contributed by atoms with Crippen LogP contribution in [0, 0.1) is 5.92 Å². The Morgan fingerprint density at radius 2 is 1.81 bits per heavy atom. The average molecular weight is 390 g/mol. The number of piperidine rings is 1. The molecule has 134 valence electrons. The van der Waals surface area contributed by atoms with Crippen LogP contribution in [0.15, 0.2) is 46.9 Å². The molecule has 0 spiro atoms. The number of amides is 1. The Morgan fingerprint density at radius 3 is 2.50 bits per heavy atom. The van der Waals surface area contributed by atoms with E-state index in [1.165, 1.54) is 0 Å². The first-order valence-electron chi connectivity index (χ1n) is 8.46. The third kappa shape index (κ3) is 3.64. The molecule has 0 unspecified atom stereocenters. The zero-order chi connectivity index (χ0) is 18.1. The second-order valence-corrected chi connectivity index (χ2v) is 7.25. The number of rotatable bonds is 3. The molecule has 0 bridgehead atoms. The Morgan fingerprint density at radius 1 is 1.12 bits per heavy atom. The van der Waals surface area contributed by atoms with Crippen molar-refractivity contribution in [1.29, 1.82) is 0 Å². The topological polar surface area (TPSA) is 58.4 Å². The maximum absolute atomic E-state index is 12.5. The van der Waals surface area contributed by atoms with Crippen LogP contribution in [0.25, 0.3) is 11.1 Å². The molecule has 5 nitrogen and oxygen atoms in total. The van der Waals surface area contributed by atoms with Crippen molar-refractivity contribution in [3.63, 3.8) is 0 Å². The van der Waals surface area contributed by atoms with E-state index in [9.17, 15) is 4.79 Å². The van der Waals surface area contributed by atoms with Crippen LogP contribution in [-0.2, 0) is 4.79 Å². The monoisotopic (exact) mass is 389 g/mol. The lowest BCUT2D eigenvalue weighted by Crippen LogP contribution is -2.38. The summed E-state index contributed by atoms with van der Waals surface area (Å²) in [5.41, 5.74) is 2.24. The molecule has 1 aromatic heterocycles. The largest absolute Gasteiger partial charge is 0.423 e. The molecule has 1 aliphatic rings. The van der Waals surface area contributed by atoms with E-state index in [4.69, 9.17) is 27.6 Å². The smallest absolute Gasteiger partial charge is 0.298 e. The number of hydrogen-bond donors (Lipinski definition) is 1. The number of para-hydroxylation sites is 2. The molecule has 0 aliphatic carbocycles. The molecule has 26 heavy (non-hydrogen) atoms. The summed E-state index contributed by atoms with van der Waals surface area (Å²) >= 11 is 12.0. The van der Waals surface area contributed by atoms with Crippen molar-refractivity contribution in [2.75, 3.05) is 23.3 Å². The van der Waals surface area contributed by atoms with Crippen LogP contribution in [0.3, 0.4) is 0 Å². The summed E-state index contributed by atoms with van der Waals surface area (Å²) < 4.78 is 5.81. The maximum atomic E-state index is 12.5. The van der Waals surface area contributed by atoms with Crippen LogP contribution >= 0.6 is 23.2 Å². The molecular weight excluding hydrogens is 373 g/mol. The molecule has 0 saturated carbocycles. The number of aromatic nitrogens is 1. The molecule has 1 fully saturated rings. The quantitative estimate of drug-likeness (QED) is 0.685. The van der Waals surface area contributed by atoms with Gasteiger partial charge in [0.15, 0.2) is 5.58 Å². The molecule has 1 N–H and O–H groups in total. The molecule has 2 aromatic carbocycles. The van der Waals surface area contributed by atoms with E-state index in [0.717, 1.165) is 37.0 Å². The van der Waals surface area contributed by atoms with E-state index in [-0.39, 0.29) is 11.8 Å². The van der Waals surface area contributed by atoms with E-state index in [2.05, 4.69) is 15.2 Å². The number of oxazole rings is 1. The number of hydrogen-bond acceptors (Lipinski definition) is 4. The molecule has 4 rings (SSSR count). The van der Waals surface area contributed by atoms with Crippen LogP contribution in [0.4, 0.5) is 11.7 Å². The second-order valence-electron chi connectivity index (χ2n) is 6.37. The summed E-state index contributed by atoms with van der Waals surface area (Å²) in [6, 6.07) is 13.3. The number of nitrogens with one attached hydrogen (secondary N) is 1. The molecule has 1 aliphatic heterocycles. The normalized spacial score (nSPS) is 15.4. The van der Waals surface area contributed by atoms with Gasteiger partial charge in [0.2, 0.25) is 5.91 Å². The van der Waals surface area contributed by atoms with Gasteiger partial charge in [-0.3, -0.25) is 4.79 Å². The zero-order valence-corrected chi connectivity index (χ0v) is 15.4. The number of halogens is 2. The Labute approximate surface area is 160 Å². The van der Waals surface area contributed by atoms with Gasteiger partial charge in [0, 0.05) is 34.7 Å². The van der Waals surface area contributed by atoms with Gasteiger partial charge in [-0.2, -0.15) is 4.98 Å². The van der Waals surface area contributed by atoms with Gasteiger partial charge in [0.1, 0.15) is 5.52 Å². The van der Waals surface area contributed by atoms with Gasteiger partial charge < -0.3 is 14.6 Å². The number of nitrogens with zero attached hydrogens (tertiary/aromatic N) is 2. The van der Waals surface area contributed by atoms with Gasteiger partial charge in [-0.1, -0.05) is 35.3 Å². The van der Waals surface area contributed by atoms with Gasteiger partial charge in [0.05, 0.1) is 0 Å². The third-order valence-corrected chi connectivity index (χ3v) is 4.99. The first-order chi connectivity index (χ1) is 12.6. The van der Waals surface area contributed by atoms with E-state index in [0.29, 0.717) is 21.7 Å². The van der Waals surface area contributed by atoms with Gasteiger partial charge in [-0.05, 0) is 43.2 Å². The zero-order valence-electron chi connectivity index (χ0n) is 13.9. The molecule has 2 heterocycles. The minimum Gasteiger partial charge on any atom is -0.423 e. The van der Waals surface area contributed by atoms with E-state index in [1.54, 1.807) is 18.2 Å². The standard InChI is InChI=1S/C19H17Cl2N3O2/c20-13-9-14(21)11-15(10-13)22-18(25)12-5-7-24(8-6-12)19-23-16-3-1-2-4-17(16)26-19/h1-4,9-12H,5-8H2,(H,22,25). The highest BCUT2D eigenvalue weighted by atomic mass is 35.5. The SMILES string of the molecule is O=C(Nc1cc(Cl)cc(Cl)c1)C1CCN(c2nc3ccccc3o2)CC1. The number of fused-ring (bicyclic) bond motifs is 1. The Hall–Kier alpha value is -2.24. The summed E-state index contributed by atoms with van der Waals surface area (Å²) in [5.74, 6) is -0.0751. The molecule has 1 amide bonds. The lowest BCUT2D eigenvalue weighted by molar-refractivity contribution is -0.120. The summed E-state index contributed by atoms with van der Waals surface area (Å²) in [4.78, 5) is 19.1. The van der Waals surface area contributed by atoms with Gasteiger partial charge in [0.25, 0.3) is 6.01 Å². The highest BCUT2D eigenvalue weighted by Gasteiger charge is 2.27. The molecule has 0 radical (unpaired) electrons. The van der Waals surface area contributed by atoms with Crippen molar-refractivity contribution in [2.45, 2.75) is 12.8 Å². The maximum Gasteiger partial charge on any atom is 0.298 e. The lowest BCUT2D eigenvalue weighted by atomic mass is 9.96. The fraction of sp³-hybridized carbons (Fsp3) is 0.263. The lowest BCUT2D eigenvalue weighted by Gasteiger charge is -2.30. The minimum absolute atomic E-state index is 0.0134. The van der Waals surface area contributed by atoms with Crippen LogP contribution in [-0.4, -0.2) is 24.0 Å². The predicted molar refractivity (Wildman–Crippen MR) is 104 cm³/mol. The van der Waals surface area contributed by atoms with Gasteiger partial charge in [-0.25, -0.2) is 0 Å². The first-order valence-corrected chi connectivity index (χ1v) is 9.21. The number of anilines is 2. The number of carbonyl (C=O) groups excluding carboxylic acids is 1. The van der Waals surface area contributed by atoms with Crippen molar-refractivity contribution in [3.8, 4) is 0 Å². The average Bonchev–Trinajstić information content (AvgIpc) is 3.05. The fourth-order valence-electron chi connectivity index (χ4n) is 3.20. The summed E-state index contributed by atoms with van der Waals surface area (Å²) in [6.07, 6.45) is 1.47. The molecule has 7 heteroatoms. The predicted octanol–water partition coefficient (Wildman–Crippen LogP) is 4.99. The minimum atomic E-state index is -0.0617. The van der Waals surface area contributed by atoms with Crippen molar-refractivity contribution in [1.82, 2.24) is 4.98 Å². The highest BCUT2D eigenvalue weighted by molar-refractivity contribution is 6.35. The van der Waals surface area contributed by atoms with E-state index < -0.39 is 0 Å². The molecule has 0 atom stereocenters. The van der Waals surface area contributed by atoms with Crippen molar-refractivity contribution >= 4 is 51.9 Å². The molecular formula is C19H17Cl2N3O2. The van der Waals surface area contributed by atoms with Crippen LogP contribution in [0.1, 0.15) is 12.8 Å². The van der Waals surface area contributed by atoms with E-state index in [1.807, 2.05) is 24.3 Å². The Kier molecular flexibility index (Phi) is 4.74. The Balaban J connectivity index is 1.39. The van der Waals surface area contributed by atoms with Crippen molar-refractivity contribution < 1.29 is 9.21 Å². The fourth-order valence-corrected chi connectivity index (χ4v) is 3.72. The van der Waals surface area contributed by atoms with Crippen molar-refractivity contribution in [2.24, 2.45) is 5.92 Å². The summed E-state index contributed by atoms with van der Waals surface area (Å²) in [5, 5.41) is 3.90. The van der Waals surface area contributed by atoms with Gasteiger partial charge >= 0.3 is 0 Å². The number of carbonyl (C=O) groups is 1. The summed E-state index contributed by atoms with van der Waals surface area (Å²) in [6.45, 7) is 1.45. The molecule has 1 saturated heterocycles.